The predicted molar refractivity (Wildman–Crippen MR) is 120 cm³/mol. The molecule has 0 bridgehead atoms. The number of methoxy groups -OCH3 is 1. The molecule has 31 heavy (non-hydrogen) atoms. The number of fused-ring (bicyclic) bond motifs is 1. The number of carbonyl (C=O) groups is 1. The summed E-state index contributed by atoms with van der Waals surface area (Å²) < 4.78 is 10.7. The van der Waals surface area contributed by atoms with E-state index in [1.165, 1.54) is 0 Å². The molecular formula is C24H33NO6. The summed E-state index contributed by atoms with van der Waals surface area (Å²) in [7, 11) is 1.65. The summed E-state index contributed by atoms with van der Waals surface area (Å²) in [6.07, 6.45) is 7.98. The molecule has 0 fully saturated rings. The van der Waals surface area contributed by atoms with Gasteiger partial charge in [-0.05, 0) is 48.2 Å². The number of benzene rings is 2. The first-order valence-electron chi connectivity index (χ1n) is 11.0. The maximum absolute atomic E-state index is 12.4. The number of unbranched alkanes of at least 4 members (excludes halogenated alkanes) is 7. The summed E-state index contributed by atoms with van der Waals surface area (Å²) >= 11 is 0. The van der Waals surface area contributed by atoms with Gasteiger partial charge in [0.05, 0.1) is 26.2 Å². The maximum atomic E-state index is 12.4. The molecular weight excluding hydrogens is 398 g/mol. The predicted octanol–water partition coefficient (Wildman–Crippen LogP) is 5.82. The molecule has 0 amide bonds. The van der Waals surface area contributed by atoms with Gasteiger partial charge in [0.15, 0.2) is 0 Å². The van der Waals surface area contributed by atoms with E-state index < -0.39 is 5.09 Å². The third kappa shape index (κ3) is 8.82. The number of ether oxygens (including phenoxy) is 2. The molecule has 170 valence electrons. The minimum absolute atomic E-state index is 0.185. The Labute approximate surface area is 183 Å². The molecule has 0 saturated carbocycles. The van der Waals surface area contributed by atoms with E-state index in [1.807, 2.05) is 43.3 Å². The third-order valence-corrected chi connectivity index (χ3v) is 5.40. The lowest BCUT2D eigenvalue weighted by Gasteiger charge is -2.13. The van der Waals surface area contributed by atoms with Crippen LogP contribution >= 0.6 is 0 Å². The maximum Gasteiger partial charge on any atom is 0.313 e. The van der Waals surface area contributed by atoms with Crippen LogP contribution < -0.4 is 4.74 Å². The van der Waals surface area contributed by atoms with Crippen molar-refractivity contribution in [3.8, 4) is 5.75 Å². The van der Waals surface area contributed by atoms with Gasteiger partial charge in [-0.15, -0.1) is 10.1 Å². The van der Waals surface area contributed by atoms with Crippen LogP contribution in [0.1, 0.15) is 69.8 Å². The van der Waals surface area contributed by atoms with Gasteiger partial charge in [-0.1, -0.05) is 62.8 Å². The lowest BCUT2D eigenvalue weighted by Crippen LogP contribution is -2.14. The van der Waals surface area contributed by atoms with Crippen molar-refractivity contribution in [2.75, 3.05) is 20.3 Å². The summed E-state index contributed by atoms with van der Waals surface area (Å²) in [5.74, 6) is 0.325. The number of hydrogen-bond donors (Lipinski definition) is 0. The zero-order valence-electron chi connectivity index (χ0n) is 18.5. The molecule has 2 aromatic rings. The Balaban J connectivity index is 1.58. The van der Waals surface area contributed by atoms with Gasteiger partial charge in [0.1, 0.15) is 5.75 Å². The number of esters is 1. The van der Waals surface area contributed by atoms with Crippen LogP contribution in [0.2, 0.25) is 0 Å². The Kier molecular flexibility index (Phi) is 10.6. The first-order chi connectivity index (χ1) is 15.0. The molecule has 7 heteroatoms. The molecule has 0 N–H and O–H groups in total. The monoisotopic (exact) mass is 431 g/mol. The van der Waals surface area contributed by atoms with Gasteiger partial charge in [-0.25, -0.2) is 0 Å². The van der Waals surface area contributed by atoms with Crippen molar-refractivity contribution in [1.29, 1.82) is 0 Å². The van der Waals surface area contributed by atoms with Gasteiger partial charge in [-0.2, -0.15) is 0 Å². The van der Waals surface area contributed by atoms with E-state index in [-0.39, 0.29) is 18.5 Å². The molecule has 1 atom stereocenters. The van der Waals surface area contributed by atoms with Gasteiger partial charge in [0, 0.05) is 0 Å². The van der Waals surface area contributed by atoms with Gasteiger partial charge >= 0.3 is 5.97 Å². The molecule has 0 unspecified atom stereocenters. The van der Waals surface area contributed by atoms with Crippen molar-refractivity contribution in [1.82, 2.24) is 0 Å². The molecule has 7 nitrogen and oxygen atoms in total. The van der Waals surface area contributed by atoms with E-state index in [1.54, 1.807) is 7.11 Å². The highest BCUT2D eigenvalue weighted by Crippen LogP contribution is 2.25. The standard InChI is InChI=1S/C24H33NO6/c1-19(20-11-12-22-18-23(29-2)14-13-21(22)17-20)24(26)30-15-9-7-5-3-4-6-8-10-16-31-25(27)28/h11-14,17-19H,3-10,15-16H2,1-2H3/t19-/m0/s1. The normalized spacial score (nSPS) is 11.8. The summed E-state index contributed by atoms with van der Waals surface area (Å²) in [4.78, 5) is 26.7. The Morgan fingerprint density at radius 1 is 0.903 bits per heavy atom. The van der Waals surface area contributed by atoms with Crippen LogP contribution in [0.4, 0.5) is 0 Å². The SMILES string of the molecule is COc1ccc2cc([C@H](C)C(=O)OCCCCCCCCCCO[N+](=O)[O-])ccc2c1. The van der Waals surface area contributed by atoms with Gasteiger partial charge in [0.2, 0.25) is 0 Å². The molecule has 0 heterocycles. The second-order valence-corrected chi connectivity index (χ2v) is 7.75. The second kappa shape index (κ2) is 13.5. The molecule has 2 aromatic carbocycles. The zero-order valence-corrected chi connectivity index (χ0v) is 18.5. The molecule has 0 aliphatic heterocycles. The van der Waals surface area contributed by atoms with Crippen molar-refractivity contribution in [3.63, 3.8) is 0 Å². The molecule has 0 aliphatic carbocycles. The van der Waals surface area contributed by atoms with Gasteiger partial charge in [-0.3, -0.25) is 4.79 Å². The summed E-state index contributed by atoms with van der Waals surface area (Å²) in [6.45, 7) is 2.51. The summed E-state index contributed by atoms with van der Waals surface area (Å²) in [6, 6.07) is 11.9. The fraction of sp³-hybridized carbons (Fsp3) is 0.542. The van der Waals surface area contributed by atoms with E-state index in [2.05, 4.69) is 4.84 Å². The smallest absolute Gasteiger partial charge is 0.313 e. The lowest BCUT2D eigenvalue weighted by atomic mass is 9.98. The average Bonchev–Trinajstić information content (AvgIpc) is 2.78. The van der Waals surface area contributed by atoms with E-state index in [9.17, 15) is 14.9 Å². The number of hydrogen-bond acceptors (Lipinski definition) is 6. The van der Waals surface area contributed by atoms with Crippen molar-refractivity contribution in [2.24, 2.45) is 0 Å². The molecule has 0 aliphatic rings. The average molecular weight is 432 g/mol. The van der Waals surface area contributed by atoms with Crippen molar-refractivity contribution in [3.05, 3.63) is 52.1 Å². The molecule has 0 saturated heterocycles. The van der Waals surface area contributed by atoms with Crippen LogP contribution in [0.3, 0.4) is 0 Å². The lowest BCUT2D eigenvalue weighted by molar-refractivity contribution is -0.757. The third-order valence-electron chi connectivity index (χ3n) is 5.40. The molecule has 0 spiro atoms. The Bertz CT molecular complexity index is 838. The number of nitrogens with zero attached hydrogens (tertiary/aromatic N) is 1. The van der Waals surface area contributed by atoms with Crippen LogP contribution in [-0.4, -0.2) is 31.4 Å². The van der Waals surface area contributed by atoms with Gasteiger partial charge < -0.3 is 14.3 Å². The topological polar surface area (TPSA) is 87.9 Å². The highest BCUT2D eigenvalue weighted by atomic mass is 16.9. The van der Waals surface area contributed by atoms with E-state index in [0.29, 0.717) is 6.61 Å². The van der Waals surface area contributed by atoms with Crippen LogP contribution in [0.25, 0.3) is 10.8 Å². The Morgan fingerprint density at radius 2 is 1.48 bits per heavy atom. The van der Waals surface area contributed by atoms with Crippen molar-refractivity contribution in [2.45, 2.75) is 64.2 Å². The first kappa shape index (κ1) is 24.4. The summed E-state index contributed by atoms with van der Waals surface area (Å²) in [5.41, 5.74) is 0.950. The molecule has 2 rings (SSSR count). The fourth-order valence-corrected chi connectivity index (χ4v) is 3.48. The Morgan fingerprint density at radius 3 is 2.13 bits per heavy atom. The zero-order chi connectivity index (χ0) is 22.5. The minimum atomic E-state index is -0.743. The van der Waals surface area contributed by atoms with Crippen molar-refractivity contribution >= 4 is 16.7 Å². The highest BCUT2D eigenvalue weighted by molar-refractivity contribution is 5.86. The van der Waals surface area contributed by atoms with E-state index in [0.717, 1.165) is 73.5 Å². The fourth-order valence-electron chi connectivity index (χ4n) is 3.48. The first-order valence-corrected chi connectivity index (χ1v) is 11.0. The summed E-state index contributed by atoms with van der Waals surface area (Å²) in [5, 5.41) is 11.4. The molecule has 0 radical (unpaired) electrons. The highest BCUT2D eigenvalue weighted by Gasteiger charge is 2.17. The number of rotatable bonds is 15. The van der Waals surface area contributed by atoms with Crippen LogP contribution in [0.5, 0.6) is 5.75 Å². The largest absolute Gasteiger partial charge is 0.497 e. The van der Waals surface area contributed by atoms with Crippen molar-refractivity contribution < 1.29 is 24.2 Å². The van der Waals surface area contributed by atoms with Gasteiger partial charge in [0.25, 0.3) is 5.09 Å². The quantitative estimate of drug-likeness (QED) is 0.153. The Hall–Kier alpha value is -2.83. The van der Waals surface area contributed by atoms with Crippen LogP contribution in [0.15, 0.2) is 36.4 Å². The molecule has 0 aromatic heterocycles. The second-order valence-electron chi connectivity index (χ2n) is 7.75. The minimum Gasteiger partial charge on any atom is -0.497 e. The van der Waals surface area contributed by atoms with Crippen LogP contribution in [-0.2, 0) is 14.4 Å². The van der Waals surface area contributed by atoms with E-state index in [4.69, 9.17) is 9.47 Å². The van der Waals surface area contributed by atoms with E-state index >= 15 is 0 Å². The number of carbonyl (C=O) groups excluding carboxylic acids is 1. The van der Waals surface area contributed by atoms with Crippen LogP contribution in [0, 0.1) is 10.1 Å².